The number of benzene rings is 1. The number of ether oxygens (including phenoxy) is 1. The lowest BCUT2D eigenvalue weighted by molar-refractivity contribution is -0.141. The Balaban J connectivity index is 1.47. The van der Waals surface area contributed by atoms with Crippen LogP contribution in [0.1, 0.15) is 32.1 Å². The van der Waals surface area contributed by atoms with Crippen molar-refractivity contribution in [1.29, 1.82) is 0 Å². The number of fused-ring (bicyclic) bond motifs is 3. The quantitative estimate of drug-likeness (QED) is 0.504. The highest BCUT2D eigenvalue weighted by atomic mass is 19.4. The van der Waals surface area contributed by atoms with Crippen molar-refractivity contribution in [2.75, 3.05) is 30.0 Å². The van der Waals surface area contributed by atoms with Gasteiger partial charge in [-0.05, 0) is 48.4 Å². The Bertz CT molecular complexity index is 1410. The Morgan fingerprint density at radius 3 is 2.70 bits per heavy atom. The second kappa shape index (κ2) is 8.87. The van der Waals surface area contributed by atoms with Crippen molar-refractivity contribution in [3.05, 3.63) is 71.3 Å². The molecule has 2 aromatic heterocycles. The highest BCUT2D eigenvalue weighted by Crippen LogP contribution is 2.41. The molecule has 1 N–H and O–H groups in total. The molecule has 1 atom stereocenters. The summed E-state index contributed by atoms with van der Waals surface area (Å²) < 4.78 is 73.4. The van der Waals surface area contributed by atoms with Crippen LogP contribution in [0, 0.1) is 6.92 Å². The van der Waals surface area contributed by atoms with Crippen LogP contribution >= 0.6 is 0 Å². The van der Waals surface area contributed by atoms with Crippen molar-refractivity contribution in [3.63, 3.8) is 0 Å². The monoisotopic (exact) mass is 518 g/mol. The molecular weight excluding hydrogens is 499 g/mol. The first-order valence-electron chi connectivity index (χ1n) is 11.2. The number of ketones is 1. The summed E-state index contributed by atoms with van der Waals surface area (Å²) in [5.41, 5.74) is 0.685. The molecule has 37 heavy (non-hydrogen) atoms. The summed E-state index contributed by atoms with van der Waals surface area (Å²) in [6.07, 6.45) is -2.49. The van der Waals surface area contributed by atoms with Gasteiger partial charge in [0.05, 0.1) is 18.9 Å². The number of morpholine rings is 1. The van der Waals surface area contributed by atoms with E-state index in [1.807, 2.05) is 0 Å². The van der Waals surface area contributed by atoms with E-state index in [1.165, 1.54) is 17.2 Å². The van der Waals surface area contributed by atoms with Crippen LogP contribution in [0.5, 0.6) is 0 Å². The number of nitrogens with zero attached hydrogens (tertiary/aromatic N) is 3. The number of anilines is 2. The number of nitrogens with one attached hydrogen (secondary N) is 1. The first-order valence-corrected chi connectivity index (χ1v) is 11.2. The molecule has 0 aliphatic carbocycles. The Hall–Kier alpha value is -3.93. The normalized spacial score (nSPS) is 18.7. The van der Waals surface area contributed by atoms with Gasteiger partial charge in [-0.3, -0.25) is 19.6 Å². The molecule has 7 nitrogen and oxygen atoms in total. The molecule has 1 aromatic carbocycles. The summed E-state index contributed by atoms with van der Waals surface area (Å²) in [5, 5.41) is 2.56. The number of aryl methyl sites for hydroxylation is 1. The summed E-state index contributed by atoms with van der Waals surface area (Å²) in [4.78, 5) is 33.9. The van der Waals surface area contributed by atoms with Crippen LogP contribution in [0.25, 0.3) is 11.1 Å². The molecule has 192 valence electrons. The lowest BCUT2D eigenvalue weighted by Crippen LogP contribution is -2.61. The fourth-order valence-corrected chi connectivity index (χ4v) is 4.44. The van der Waals surface area contributed by atoms with Crippen LogP contribution in [0.4, 0.5) is 33.3 Å². The standard InChI is InChI=1S/C25H19F5N4O3/c1-13-2-3-16(33-23(36)14-4-5-31-19(9-14)25(28,29)30)10-17(13)15-8-18-21(32-11-15)22(35)24(26,27)20-12-37-7-6-34(18)20/h2-5,8-11,20H,6-7,12H2,1H3,(H,33,36). The molecule has 1 amide bonds. The van der Waals surface area contributed by atoms with Crippen molar-refractivity contribution in [3.8, 4) is 11.1 Å². The molecule has 0 saturated carbocycles. The van der Waals surface area contributed by atoms with Crippen LogP contribution in [-0.4, -0.2) is 53.4 Å². The molecular formula is C25H19F5N4O3. The van der Waals surface area contributed by atoms with Gasteiger partial charge in [0.1, 0.15) is 17.4 Å². The van der Waals surface area contributed by atoms with Crippen LogP contribution in [0.3, 0.4) is 0 Å². The first-order chi connectivity index (χ1) is 17.5. The van der Waals surface area contributed by atoms with E-state index in [2.05, 4.69) is 15.3 Å². The smallest absolute Gasteiger partial charge is 0.377 e. The molecule has 1 unspecified atom stereocenters. The van der Waals surface area contributed by atoms with Gasteiger partial charge >= 0.3 is 12.1 Å². The Kier molecular flexibility index (Phi) is 5.94. The van der Waals surface area contributed by atoms with E-state index in [-0.39, 0.29) is 36.7 Å². The molecule has 0 radical (unpaired) electrons. The molecule has 1 saturated heterocycles. The fraction of sp³-hybridized carbons (Fsp3) is 0.280. The summed E-state index contributed by atoms with van der Waals surface area (Å²) in [5.74, 6) is -5.77. The number of hydrogen-bond acceptors (Lipinski definition) is 6. The Morgan fingerprint density at radius 2 is 1.95 bits per heavy atom. The van der Waals surface area contributed by atoms with E-state index in [4.69, 9.17) is 4.74 Å². The van der Waals surface area contributed by atoms with Gasteiger partial charge in [0.25, 0.3) is 11.7 Å². The minimum Gasteiger partial charge on any atom is -0.377 e. The second-order valence-corrected chi connectivity index (χ2v) is 8.74. The predicted molar refractivity (Wildman–Crippen MR) is 123 cm³/mol. The topological polar surface area (TPSA) is 84.4 Å². The Labute approximate surface area is 207 Å². The largest absolute Gasteiger partial charge is 0.433 e. The minimum atomic E-state index is -4.70. The number of aromatic nitrogens is 2. The van der Waals surface area contributed by atoms with Gasteiger partial charge in [0.2, 0.25) is 0 Å². The summed E-state index contributed by atoms with van der Waals surface area (Å²) in [6, 6.07) is 6.85. The molecule has 12 heteroatoms. The number of amides is 1. The molecule has 2 aliphatic heterocycles. The van der Waals surface area contributed by atoms with Gasteiger partial charge in [-0.2, -0.15) is 22.0 Å². The van der Waals surface area contributed by atoms with E-state index < -0.39 is 35.5 Å². The fourth-order valence-electron chi connectivity index (χ4n) is 4.44. The molecule has 2 aliphatic rings. The van der Waals surface area contributed by atoms with Crippen molar-refractivity contribution < 1.29 is 36.3 Å². The number of carbonyl (C=O) groups excluding carboxylic acids is 2. The van der Waals surface area contributed by atoms with Crippen LogP contribution in [0.15, 0.2) is 48.8 Å². The molecule has 3 aromatic rings. The van der Waals surface area contributed by atoms with Crippen molar-refractivity contribution in [1.82, 2.24) is 9.97 Å². The average Bonchev–Trinajstić information content (AvgIpc) is 2.88. The van der Waals surface area contributed by atoms with E-state index >= 15 is 0 Å². The lowest BCUT2D eigenvalue weighted by Gasteiger charge is -2.44. The predicted octanol–water partition coefficient (Wildman–Crippen LogP) is 4.76. The SMILES string of the molecule is Cc1ccc(NC(=O)c2ccnc(C(F)(F)F)c2)cc1-c1cnc2c(c1)N1CCOCC1C(F)(F)C2=O. The first kappa shape index (κ1) is 24.8. The van der Waals surface area contributed by atoms with Gasteiger partial charge in [0, 0.05) is 35.8 Å². The number of alkyl halides is 5. The van der Waals surface area contributed by atoms with Gasteiger partial charge in [0.15, 0.2) is 0 Å². The third-order valence-corrected chi connectivity index (χ3v) is 6.36. The summed E-state index contributed by atoms with van der Waals surface area (Å²) >= 11 is 0. The number of pyridine rings is 2. The molecule has 0 spiro atoms. The minimum absolute atomic E-state index is 0.159. The second-order valence-electron chi connectivity index (χ2n) is 8.74. The molecule has 4 heterocycles. The molecule has 1 fully saturated rings. The number of Topliss-reactive ketones (excluding diaryl/α,β-unsaturated/α-hetero) is 1. The van der Waals surface area contributed by atoms with Gasteiger partial charge in [-0.1, -0.05) is 6.07 Å². The maximum Gasteiger partial charge on any atom is 0.433 e. The summed E-state index contributed by atoms with van der Waals surface area (Å²) in [7, 11) is 0. The zero-order valence-corrected chi connectivity index (χ0v) is 19.3. The zero-order valence-electron chi connectivity index (χ0n) is 19.3. The van der Waals surface area contributed by atoms with Crippen LogP contribution in [-0.2, 0) is 10.9 Å². The average molecular weight is 518 g/mol. The zero-order chi connectivity index (χ0) is 26.5. The van der Waals surface area contributed by atoms with Crippen molar-refractivity contribution >= 4 is 23.1 Å². The number of rotatable bonds is 3. The number of halogens is 5. The van der Waals surface area contributed by atoms with Crippen molar-refractivity contribution in [2.45, 2.75) is 25.1 Å². The number of hydrogen-bond donors (Lipinski definition) is 1. The Morgan fingerprint density at radius 1 is 1.16 bits per heavy atom. The van der Waals surface area contributed by atoms with Gasteiger partial charge in [-0.15, -0.1) is 0 Å². The molecule has 0 bridgehead atoms. The van der Waals surface area contributed by atoms with E-state index in [9.17, 15) is 31.5 Å². The van der Waals surface area contributed by atoms with Gasteiger partial charge < -0.3 is 15.0 Å². The van der Waals surface area contributed by atoms with Crippen molar-refractivity contribution in [2.24, 2.45) is 0 Å². The number of carbonyl (C=O) groups is 2. The maximum atomic E-state index is 14.7. The van der Waals surface area contributed by atoms with Gasteiger partial charge in [-0.25, -0.2) is 0 Å². The van der Waals surface area contributed by atoms with E-state index in [1.54, 1.807) is 31.2 Å². The van der Waals surface area contributed by atoms with E-state index in [0.29, 0.717) is 22.9 Å². The van der Waals surface area contributed by atoms with Crippen LogP contribution < -0.4 is 10.2 Å². The highest BCUT2D eigenvalue weighted by molar-refractivity contribution is 6.08. The molecule has 5 rings (SSSR count). The third kappa shape index (κ3) is 4.41. The highest BCUT2D eigenvalue weighted by Gasteiger charge is 2.56. The lowest BCUT2D eigenvalue weighted by atomic mass is 9.92. The van der Waals surface area contributed by atoms with Crippen LogP contribution in [0.2, 0.25) is 0 Å². The third-order valence-electron chi connectivity index (χ3n) is 6.36. The van der Waals surface area contributed by atoms with E-state index in [0.717, 1.165) is 11.8 Å². The summed E-state index contributed by atoms with van der Waals surface area (Å²) in [6.45, 7) is 1.87. The maximum absolute atomic E-state index is 14.7.